The van der Waals surface area contributed by atoms with Crippen molar-refractivity contribution >= 4 is 0 Å². The van der Waals surface area contributed by atoms with E-state index in [-0.39, 0.29) is 12.3 Å². The summed E-state index contributed by atoms with van der Waals surface area (Å²) in [6.45, 7) is 1.87. The largest absolute Gasteiger partial charge is 0.392 e. The Morgan fingerprint density at radius 1 is 1.18 bits per heavy atom. The maximum atomic E-state index is 12.1. The highest BCUT2D eigenvalue weighted by Gasteiger charge is 2.30. The highest BCUT2D eigenvalue weighted by atomic mass is 19.4. The minimum atomic E-state index is -4.20. The quantitative estimate of drug-likeness (QED) is 0.835. The molecular weight excluding hydrogens is 229 g/mol. The number of benzene rings is 1. The highest BCUT2D eigenvalue weighted by molar-refractivity contribution is 5.20. The predicted octanol–water partition coefficient (Wildman–Crippen LogP) is 3.88. The molecule has 2 atom stereocenters. The summed E-state index contributed by atoms with van der Waals surface area (Å²) in [6, 6.07) is 9.18. The fourth-order valence-corrected chi connectivity index (χ4v) is 1.94. The Morgan fingerprint density at radius 3 is 2.24 bits per heavy atom. The van der Waals surface area contributed by atoms with Gasteiger partial charge < -0.3 is 5.11 Å². The molecule has 1 N–H and O–H groups in total. The first kappa shape index (κ1) is 14.0. The summed E-state index contributed by atoms with van der Waals surface area (Å²) >= 11 is 0. The van der Waals surface area contributed by atoms with Crippen molar-refractivity contribution in [2.75, 3.05) is 0 Å². The van der Waals surface area contributed by atoms with Crippen molar-refractivity contribution in [1.29, 1.82) is 0 Å². The molecule has 0 saturated carbocycles. The van der Waals surface area contributed by atoms with E-state index in [0.717, 1.165) is 5.56 Å². The molecule has 0 aromatic heterocycles. The van der Waals surface area contributed by atoms with E-state index in [1.165, 1.54) is 0 Å². The topological polar surface area (TPSA) is 20.2 Å². The molecule has 0 spiro atoms. The van der Waals surface area contributed by atoms with Crippen LogP contribution in [0.5, 0.6) is 0 Å². The van der Waals surface area contributed by atoms with Crippen LogP contribution in [-0.2, 0) is 0 Å². The molecule has 0 aliphatic carbocycles. The molecule has 1 aromatic rings. The zero-order valence-electron chi connectivity index (χ0n) is 9.74. The Labute approximate surface area is 99.3 Å². The summed E-state index contributed by atoms with van der Waals surface area (Å²) in [5, 5.41) is 9.83. The monoisotopic (exact) mass is 246 g/mol. The van der Waals surface area contributed by atoms with Crippen LogP contribution >= 0.6 is 0 Å². The second-order valence-electron chi connectivity index (χ2n) is 4.15. The first-order valence-corrected chi connectivity index (χ1v) is 5.73. The maximum Gasteiger partial charge on any atom is 0.389 e. The van der Waals surface area contributed by atoms with Crippen molar-refractivity contribution in [3.8, 4) is 0 Å². The normalized spacial score (nSPS) is 15.6. The lowest BCUT2D eigenvalue weighted by molar-refractivity contribution is -0.140. The third-order valence-corrected chi connectivity index (χ3v) is 2.86. The van der Waals surface area contributed by atoms with Gasteiger partial charge in [-0.15, -0.1) is 0 Å². The van der Waals surface area contributed by atoms with E-state index >= 15 is 0 Å². The molecule has 0 radical (unpaired) electrons. The molecule has 0 aliphatic rings. The van der Waals surface area contributed by atoms with Crippen LogP contribution in [0.3, 0.4) is 0 Å². The average Bonchev–Trinajstić information content (AvgIpc) is 2.28. The summed E-state index contributed by atoms with van der Waals surface area (Å²) in [5.74, 6) is -0.224. The molecular formula is C13H17F3O. The van der Waals surface area contributed by atoms with Gasteiger partial charge in [0.2, 0.25) is 0 Å². The number of halogens is 3. The third-order valence-electron chi connectivity index (χ3n) is 2.86. The number of rotatable bonds is 5. The molecule has 0 bridgehead atoms. The summed E-state index contributed by atoms with van der Waals surface area (Å²) in [5.41, 5.74) is 0.893. The Morgan fingerprint density at radius 2 is 1.76 bits per heavy atom. The summed E-state index contributed by atoms with van der Waals surface area (Å²) in [6.07, 6.45) is -5.68. The first-order chi connectivity index (χ1) is 7.94. The van der Waals surface area contributed by atoms with Gasteiger partial charge in [0, 0.05) is 12.3 Å². The van der Waals surface area contributed by atoms with Crippen molar-refractivity contribution in [1.82, 2.24) is 0 Å². The fraction of sp³-hybridized carbons (Fsp3) is 0.538. The van der Waals surface area contributed by atoms with Crippen molar-refractivity contribution in [3.05, 3.63) is 35.9 Å². The smallest absolute Gasteiger partial charge is 0.389 e. The molecule has 0 aliphatic heterocycles. The Hall–Kier alpha value is -1.03. The van der Waals surface area contributed by atoms with E-state index in [4.69, 9.17) is 0 Å². The average molecular weight is 246 g/mol. The number of hydrogen-bond acceptors (Lipinski definition) is 1. The van der Waals surface area contributed by atoms with Gasteiger partial charge in [-0.05, 0) is 18.4 Å². The van der Waals surface area contributed by atoms with Gasteiger partial charge in [0.1, 0.15) is 0 Å². The summed E-state index contributed by atoms with van der Waals surface area (Å²) in [4.78, 5) is 0. The fourth-order valence-electron chi connectivity index (χ4n) is 1.94. The van der Waals surface area contributed by atoms with E-state index in [1.54, 1.807) is 0 Å². The zero-order valence-corrected chi connectivity index (χ0v) is 9.74. The molecule has 0 saturated heterocycles. The lowest BCUT2D eigenvalue weighted by Crippen LogP contribution is -2.21. The minimum absolute atomic E-state index is 0.224. The van der Waals surface area contributed by atoms with Gasteiger partial charge in [0.05, 0.1) is 6.10 Å². The molecule has 1 nitrogen and oxygen atoms in total. The number of aliphatic hydroxyl groups excluding tert-OH is 1. The van der Waals surface area contributed by atoms with Crippen molar-refractivity contribution < 1.29 is 18.3 Å². The molecule has 2 unspecified atom stereocenters. The van der Waals surface area contributed by atoms with Crippen LogP contribution in [-0.4, -0.2) is 17.4 Å². The second kappa shape index (κ2) is 6.05. The molecule has 0 heterocycles. The van der Waals surface area contributed by atoms with E-state index in [0.29, 0.717) is 6.42 Å². The lowest BCUT2D eigenvalue weighted by atomic mass is 9.89. The van der Waals surface area contributed by atoms with E-state index in [9.17, 15) is 18.3 Å². The van der Waals surface area contributed by atoms with Crippen LogP contribution in [0, 0.1) is 0 Å². The SMILES string of the molecule is CCC(c1ccccc1)C(O)CCC(F)(F)F. The number of hydrogen-bond donors (Lipinski definition) is 1. The first-order valence-electron chi connectivity index (χ1n) is 5.73. The van der Waals surface area contributed by atoms with Crippen molar-refractivity contribution in [3.63, 3.8) is 0 Å². The Kier molecular flexibility index (Phi) is 5.00. The van der Waals surface area contributed by atoms with Crippen LogP contribution in [0.2, 0.25) is 0 Å². The predicted molar refractivity (Wildman–Crippen MR) is 60.8 cm³/mol. The lowest BCUT2D eigenvalue weighted by Gasteiger charge is -2.22. The van der Waals surface area contributed by atoms with Gasteiger partial charge in [-0.2, -0.15) is 13.2 Å². The highest BCUT2D eigenvalue weighted by Crippen LogP contribution is 2.29. The zero-order chi connectivity index (χ0) is 12.9. The molecule has 1 rings (SSSR count). The Bertz CT molecular complexity index is 321. The van der Waals surface area contributed by atoms with Crippen LogP contribution in [0.15, 0.2) is 30.3 Å². The molecule has 1 aromatic carbocycles. The van der Waals surface area contributed by atoms with Crippen molar-refractivity contribution in [2.24, 2.45) is 0 Å². The van der Waals surface area contributed by atoms with Gasteiger partial charge in [-0.3, -0.25) is 0 Å². The van der Waals surface area contributed by atoms with Gasteiger partial charge in [0.15, 0.2) is 0 Å². The van der Waals surface area contributed by atoms with Gasteiger partial charge >= 0.3 is 6.18 Å². The van der Waals surface area contributed by atoms with Crippen LogP contribution in [0.25, 0.3) is 0 Å². The molecule has 96 valence electrons. The summed E-state index contributed by atoms with van der Waals surface area (Å²) in [7, 11) is 0. The van der Waals surface area contributed by atoms with E-state index < -0.39 is 18.7 Å². The third kappa shape index (κ3) is 4.77. The minimum Gasteiger partial charge on any atom is -0.392 e. The van der Waals surface area contributed by atoms with Crippen LogP contribution < -0.4 is 0 Å². The van der Waals surface area contributed by atoms with Crippen LogP contribution in [0.4, 0.5) is 13.2 Å². The Balaban J connectivity index is 2.62. The maximum absolute atomic E-state index is 12.1. The van der Waals surface area contributed by atoms with E-state index in [1.807, 2.05) is 37.3 Å². The standard InChI is InChI=1S/C13H17F3O/c1-2-11(10-6-4-3-5-7-10)12(17)8-9-13(14,15)16/h3-7,11-12,17H,2,8-9H2,1H3. The molecule has 4 heteroatoms. The molecule has 0 amide bonds. The van der Waals surface area contributed by atoms with Crippen molar-refractivity contribution in [2.45, 2.75) is 44.4 Å². The van der Waals surface area contributed by atoms with Crippen LogP contribution in [0.1, 0.15) is 37.7 Å². The number of alkyl halides is 3. The molecule has 0 fully saturated rings. The van der Waals surface area contributed by atoms with Gasteiger partial charge in [0.25, 0.3) is 0 Å². The summed E-state index contributed by atoms with van der Waals surface area (Å²) < 4.78 is 36.2. The van der Waals surface area contributed by atoms with E-state index in [2.05, 4.69) is 0 Å². The molecule has 17 heavy (non-hydrogen) atoms. The second-order valence-corrected chi connectivity index (χ2v) is 4.15. The number of aliphatic hydroxyl groups is 1. The van der Waals surface area contributed by atoms with Gasteiger partial charge in [-0.1, -0.05) is 37.3 Å². The van der Waals surface area contributed by atoms with Gasteiger partial charge in [-0.25, -0.2) is 0 Å².